The molecule has 5 nitrogen and oxygen atoms in total. The van der Waals surface area contributed by atoms with E-state index in [9.17, 15) is 9.59 Å². The number of aromatic nitrogens is 1. The summed E-state index contributed by atoms with van der Waals surface area (Å²) in [5, 5.41) is 5.62. The Morgan fingerprint density at radius 1 is 0.800 bits per heavy atom. The molecule has 0 saturated heterocycles. The molecule has 124 valence electrons. The SMILES string of the molecule is Cc1ccccc1C(=O)Nc1cccc(NC(=O)c2ccccn2)c1. The van der Waals surface area contributed by atoms with Crippen molar-refractivity contribution in [1.82, 2.24) is 4.98 Å². The molecule has 0 aliphatic rings. The van der Waals surface area contributed by atoms with Crippen molar-refractivity contribution in [2.75, 3.05) is 10.6 Å². The standard InChI is InChI=1S/C20H17N3O2/c1-14-7-2-3-10-17(14)19(24)22-15-8-6-9-16(13-15)23-20(25)18-11-4-5-12-21-18/h2-13H,1H3,(H,22,24)(H,23,25). The van der Waals surface area contributed by atoms with Gasteiger partial charge in [0.1, 0.15) is 5.69 Å². The van der Waals surface area contributed by atoms with Gasteiger partial charge in [0.05, 0.1) is 0 Å². The van der Waals surface area contributed by atoms with Crippen LogP contribution in [0.5, 0.6) is 0 Å². The van der Waals surface area contributed by atoms with Crippen molar-refractivity contribution in [3.05, 3.63) is 89.7 Å². The smallest absolute Gasteiger partial charge is 0.274 e. The van der Waals surface area contributed by atoms with E-state index in [1.165, 1.54) is 0 Å². The van der Waals surface area contributed by atoms with Gasteiger partial charge in [0.2, 0.25) is 0 Å². The predicted octanol–water partition coefficient (Wildman–Crippen LogP) is 3.89. The molecule has 3 rings (SSSR count). The number of rotatable bonds is 4. The molecule has 5 heteroatoms. The molecule has 0 bridgehead atoms. The molecule has 2 N–H and O–H groups in total. The largest absolute Gasteiger partial charge is 0.322 e. The number of aryl methyl sites for hydroxylation is 1. The Morgan fingerprint density at radius 3 is 2.16 bits per heavy atom. The second-order valence-electron chi connectivity index (χ2n) is 5.52. The van der Waals surface area contributed by atoms with E-state index >= 15 is 0 Å². The third-order valence-electron chi connectivity index (χ3n) is 3.67. The average molecular weight is 331 g/mol. The third-order valence-corrected chi connectivity index (χ3v) is 3.67. The van der Waals surface area contributed by atoms with Crippen LogP contribution in [0.1, 0.15) is 26.4 Å². The number of hydrogen-bond donors (Lipinski definition) is 2. The van der Waals surface area contributed by atoms with Crippen LogP contribution in [-0.2, 0) is 0 Å². The van der Waals surface area contributed by atoms with Gasteiger partial charge in [0, 0.05) is 23.1 Å². The maximum absolute atomic E-state index is 12.4. The summed E-state index contributed by atoms with van der Waals surface area (Å²) in [6, 6.07) is 19.5. The van der Waals surface area contributed by atoms with Crippen LogP contribution in [0, 0.1) is 6.92 Å². The molecule has 0 aliphatic carbocycles. The predicted molar refractivity (Wildman–Crippen MR) is 97.8 cm³/mol. The molecule has 2 amide bonds. The summed E-state index contributed by atoms with van der Waals surface area (Å²) in [7, 11) is 0. The molecule has 1 aromatic heterocycles. The van der Waals surface area contributed by atoms with E-state index < -0.39 is 0 Å². The van der Waals surface area contributed by atoms with Gasteiger partial charge >= 0.3 is 0 Å². The average Bonchev–Trinajstić information content (AvgIpc) is 2.63. The maximum atomic E-state index is 12.4. The summed E-state index contributed by atoms with van der Waals surface area (Å²) in [6.07, 6.45) is 1.56. The first-order chi connectivity index (χ1) is 12.1. The van der Waals surface area contributed by atoms with Crippen LogP contribution in [-0.4, -0.2) is 16.8 Å². The first-order valence-corrected chi connectivity index (χ1v) is 7.83. The Labute approximate surface area is 145 Å². The Hall–Kier alpha value is -3.47. The molecule has 2 aromatic carbocycles. The van der Waals surface area contributed by atoms with Gasteiger partial charge in [-0.05, 0) is 48.9 Å². The van der Waals surface area contributed by atoms with Crippen molar-refractivity contribution in [1.29, 1.82) is 0 Å². The Kier molecular flexibility index (Phi) is 4.85. The van der Waals surface area contributed by atoms with Crippen LogP contribution >= 0.6 is 0 Å². The minimum absolute atomic E-state index is 0.189. The van der Waals surface area contributed by atoms with Gasteiger partial charge in [-0.25, -0.2) is 0 Å². The van der Waals surface area contributed by atoms with Crippen molar-refractivity contribution in [2.45, 2.75) is 6.92 Å². The van der Waals surface area contributed by atoms with Gasteiger partial charge in [0.25, 0.3) is 11.8 Å². The van der Waals surface area contributed by atoms with Gasteiger partial charge in [-0.3, -0.25) is 14.6 Å². The van der Waals surface area contributed by atoms with Gasteiger partial charge in [0.15, 0.2) is 0 Å². The Bertz CT molecular complexity index is 908. The summed E-state index contributed by atoms with van der Waals surface area (Å²) in [4.78, 5) is 28.5. The number of benzene rings is 2. The molecule has 0 unspecified atom stereocenters. The summed E-state index contributed by atoms with van der Waals surface area (Å²) in [5.41, 5.74) is 3.03. The van der Waals surface area contributed by atoms with E-state index in [2.05, 4.69) is 15.6 Å². The van der Waals surface area contributed by atoms with Crippen molar-refractivity contribution in [3.8, 4) is 0 Å². The number of carbonyl (C=O) groups is 2. The first kappa shape index (κ1) is 16.4. The number of nitrogens with zero attached hydrogens (tertiary/aromatic N) is 1. The highest BCUT2D eigenvalue weighted by molar-refractivity contribution is 6.06. The molecule has 3 aromatic rings. The molecular weight excluding hydrogens is 314 g/mol. The van der Waals surface area contributed by atoms with Crippen LogP contribution in [0.15, 0.2) is 72.9 Å². The van der Waals surface area contributed by atoms with Crippen LogP contribution in [0.25, 0.3) is 0 Å². The van der Waals surface area contributed by atoms with Crippen LogP contribution in [0.2, 0.25) is 0 Å². The second-order valence-corrected chi connectivity index (χ2v) is 5.52. The lowest BCUT2D eigenvalue weighted by Crippen LogP contribution is -2.15. The minimum atomic E-state index is -0.303. The highest BCUT2D eigenvalue weighted by atomic mass is 16.2. The summed E-state index contributed by atoms with van der Waals surface area (Å²) >= 11 is 0. The van der Waals surface area contributed by atoms with E-state index in [1.807, 2.05) is 25.1 Å². The van der Waals surface area contributed by atoms with Crippen molar-refractivity contribution >= 4 is 23.2 Å². The lowest BCUT2D eigenvalue weighted by molar-refractivity contribution is 0.101. The summed E-state index contributed by atoms with van der Waals surface area (Å²) < 4.78 is 0. The molecule has 0 aliphatic heterocycles. The summed E-state index contributed by atoms with van der Waals surface area (Å²) in [5.74, 6) is -0.491. The van der Waals surface area contributed by atoms with E-state index in [1.54, 1.807) is 54.7 Å². The fourth-order valence-electron chi connectivity index (χ4n) is 2.39. The van der Waals surface area contributed by atoms with E-state index in [4.69, 9.17) is 0 Å². The monoisotopic (exact) mass is 331 g/mol. The van der Waals surface area contributed by atoms with Gasteiger partial charge in [-0.15, -0.1) is 0 Å². The zero-order valence-corrected chi connectivity index (χ0v) is 13.7. The highest BCUT2D eigenvalue weighted by Gasteiger charge is 2.10. The third kappa shape index (κ3) is 4.09. The molecule has 0 fully saturated rings. The molecule has 0 radical (unpaired) electrons. The lowest BCUT2D eigenvalue weighted by atomic mass is 10.1. The van der Waals surface area contributed by atoms with E-state index in [-0.39, 0.29) is 11.8 Å². The molecule has 25 heavy (non-hydrogen) atoms. The summed E-state index contributed by atoms with van der Waals surface area (Å²) in [6.45, 7) is 1.89. The molecule has 0 atom stereocenters. The number of nitrogens with one attached hydrogen (secondary N) is 2. The van der Waals surface area contributed by atoms with Crippen molar-refractivity contribution in [2.24, 2.45) is 0 Å². The van der Waals surface area contributed by atoms with Crippen LogP contribution in [0.4, 0.5) is 11.4 Å². The van der Waals surface area contributed by atoms with Gasteiger partial charge in [-0.2, -0.15) is 0 Å². The highest BCUT2D eigenvalue weighted by Crippen LogP contribution is 2.17. The van der Waals surface area contributed by atoms with Gasteiger partial charge in [-0.1, -0.05) is 30.3 Å². The van der Waals surface area contributed by atoms with E-state index in [0.717, 1.165) is 5.56 Å². The molecular formula is C20H17N3O2. The number of anilines is 2. The zero-order chi connectivity index (χ0) is 17.6. The Morgan fingerprint density at radius 2 is 1.48 bits per heavy atom. The normalized spacial score (nSPS) is 10.1. The van der Waals surface area contributed by atoms with Crippen LogP contribution in [0.3, 0.4) is 0 Å². The quantitative estimate of drug-likeness (QED) is 0.762. The fraction of sp³-hybridized carbons (Fsp3) is 0.0500. The number of carbonyl (C=O) groups excluding carboxylic acids is 2. The second kappa shape index (κ2) is 7.40. The minimum Gasteiger partial charge on any atom is -0.322 e. The first-order valence-electron chi connectivity index (χ1n) is 7.83. The van der Waals surface area contributed by atoms with E-state index in [0.29, 0.717) is 22.6 Å². The van der Waals surface area contributed by atoms with Crippen molar-refractivity contribution in [3.63, 3.8) is 0 Å². The maximum Gasteiger partial charge on any atom is 0.274 e. The van der Waals surface area contributed by atoms with Gasteiger partial charge < -0.3 is 10.6 Å². The topological polar surface area (TPSA) is 71.1 Å². The Balaban J connectivity index is 1.72. The molecule has 1 heterocycles. The number of hydrogen-bond acceptors (Lipinski definition) is 3. The molecule has 0 spiro atoms. The number of amides is 2. The molecule has 0 saturated carbocycles. The van der Waals surface area contributed by atoms with Crippen LogP contribution < -0.4 is 10.6 Å². The lowest BCUT2D eigenvalue weighted by Gasteiger charge is -2.10. The number of pyridine rings is 1. The zero-order valence-electron chi connectivity index (χ0n) is 13.7. The van der Waals surface area contributed by atoms with Crippen molar-refractivity contribution < 1.29 is 9.59 Å². The fourth-order valence-corrected chi connectivity index (χ4v) is 2.39.